The summed E-state index contributed by atoms with van der Waals surface area (Å²) in [5.74, 6) is 0. The Labute approximate surface area is 86.5 Å². The van der Waals surface area contributed by atoms with Crippen LogP contribution >= 0.6 is 15.9 Å². The van der Waals surface area contributed by atoms with Crippen LogP contribution in [0.25, 0.3) is 0 Å². The van der Waals surface area contributed by atoms with E-state index in [-0.39, 0.29) is 0 Å². The molecule has 3 nitrogen and oxygen atoms in total. The Morgan fingerprint density at radius 3 is 2.38 bits per heavy atom. The van der Waals surface area contributed by atoms with Gasteiger partial charge < -0.3 is 0 Å². The molecule has 0 fully saturated rings. The van der Waals surface area contributed by atoms with Crippen LogP contribution in [0.2, 0.25) is 0 Å². The van der Waals surface area contributed by atoms with Gasteiger partial charge in [-0.1, -0.05) is 22.0 Å². The van der Waals surface area contributed by atoms with E-state index in [0.717, 1.165) is 4.47 Å². The van der Waals surface area contributed by atoms with Crippen molar-refractivity contribution in [2.75, 3.05) is 14.1 Å². The first-order valence-corrected chi connectivity index (χ1v) is 5.86. The van der Waals surface area contributed by atoms with E-state index >= 15 is 0 Å². The molecule has 5 heteroatoms. The van der Waals surface area contributed by atoms with Crippen LogP contribution in [-0.2, 0) is 10.0 Å². The first-order chi connectivity index (χ1) is 5.94. The summed E-state index contributed by atoms with van der Waals surface area (Å²) in [5.41, 5.74) is 0. The second kappa shape index (κ2) is 3.77. The number of nitrogens with zero attached hydrogens (tertiary/aromatic N) is 1. The predicted molar refractivity (Wildman–Crippen MR) is 55.0 cm³/mol. The summed E-state index contributed by atoms with van der Waals surface area (Å²) in [6.07, 6.45) is 0. The van der Waals surface area contributed by atoms with Crippen molar-refractivity contribution in [1.82, 2.24) is 4.31 Å². The van der Waals surface area contributed by atoms with Crippen LogP contribution in [0, 0.1) is 0 Å². The zero-order valence-electron chi connectivity index (χ0n) is 7.36. The number of rotatable bonds is 2. The third-order valence-electron chi connectivity index (χ3n) is 1.57. The third-order valence-corrected chi connectivity index (χ3v) is 3.88. The highest BCUT2D eigenvalue weighted by atomic mass is 79.9. The normalized spacial score (nSPS) is 12.0. The van der Waals surface area contributed by atoms with E-state index in [1.807, 2.05) is 0 Å². The van der Waals surface area contributed by atoms with Crippen molar-refractivity contribution < 1.29 is 8.42 Å². The monoisotopic (exact) mass is 263 g/mol. The molecule has 1 rings (SSSR count). The van der Waals surface area contributed by atoms with Gasteiger partial charge in [0.1, 0.15) is 0 Å². The molecule has 0 saturated heterocycles. The lowest BCUT2D eigenvalue weighted by Crippen LogP contribution is -2.22. The van der Waals surface area contributed by atoms with Crippen LogP contribution in [0.1, 0.15) is 0 Å². The van der Waals surface area contributed by atoms with Gasteiger partial charge in [-0.25, -0.2) is 12.7 Å². The standard InChI is InChI=1S/C8H10BrNO2S/c1-10(2)13(11,12)8-5-3-4-7(9)6-8/h3-6H,1-2H3. The van der Waals surface area contributed by atoms with Crippen LogP contribution in [0.4, 0.5) is 0 Å². The highest BCUT2D eigenvalue weighted by Crippen LogP contribution is 2.17. The number of benzene rings is 1. The van der Waals surface area contributed by atoms with Crippen LogP contribution in [0.15, 0.2) is 33.6 Å². The Morgan fingerprint density at radius 2 is 1.92 bits per heavy atom. The molecule has 13 heavy (non-hydrogen) atoms. The fraction of sp³-hybridized carbons (Fsp3) is 0.250. The summed E-state index contributed by atoms with van der Waals surface area (Å²) in [4.78, 5) is 0.298. The molecule has 0 unspecified atom stereocenters. The van der Waals surface area contributed by atoms with E-state index in [4.69, 9.17) is 0 Å². The maximum absolute atomic E-state index is 11.6. The van der Waals surface area contributed by atoms with Crippen LogP contribution in [-0.4, -0.2) is 26.8 Å². The average Bonchev–Trinajstić information content (AvgIpc) is 2.04. The van der Waals surface area contributed by atoms with Crippen LogP contribution in [0.5, 0.6) is 0 Å². The lowest BCUT2D eigenvalue weighted by Gasteiger charge is -2.10. The molecule has 0 aliphatic carbocycles. The van der Waals surface area contributed by atoms with Crippen molar-refractivity contribution in [2.24, 2.45) is 0 Å². The van der Waals surface area contributed by atoms with Crippen LogP contribution in [0.3, 0.4) is 0 Å². The summed E-state index contributed by atoms with van der Waals surface area (Å²) in [6.45, 7) is 0. The molecule has 1 aromatic carbocycles. The molecule has 0 saturated carbocycles. The summed E-state index contributed by atoms with van der Waals surface area (Å²) in [6, 6.07) is 6.63. The van der Waals surface area contributed by atoms with E-state index < -0.39 is 10.0 Å². The average molecular weight is 264 g/mol. The fourth-order valence-corrected chi connectivity index (χ4v) is 2.34. The van der Waals surface area contributed by atoms with Gasteiger partial charge >= 0.3 is 0 Å². The van der Waals surface area contributed by atoms with Gasteiger partial charge in [-0.3, -0.25) is 0 Å². The quantitative estimate of drug-likeness (QED) is 0.815. The van der Waals surface area contributed by atoms with Gasteiger partial charge in [0.05, 0.1) is 4.90 Å². The molecule has 0 atom stereocenters. The molecule has 0 spiro atoms. The van der Waals surface area contributed by atoms with Gasteiger partial charge in [-0.15, -0.1) is 0 Å². The van der Waals surface area contributed by atoms with Gasteiger partial charge in [0.15, 0.2) is 0 Å². The maximum Gasteiger partial charge on any atom is 0.242 e. The zero-order valence-corrected chi connectivity index (χ0v) is 9.76. The predicted octanol–water partition coefficient (Wildman–Crippen LogP) is 1.70. The summed E-state index contributed by atoms with van der Waals surface area (Å²) < 4.78 is 25.1. The van der Waals surface area contributed by atoms with E-state index in [0.29, 0.717) is 4.90 Å². The first kappa shape index (κ1) is 10.7. The summed E-state index contributed by atoms with van der Waals surface area (Å²) in [7, 11) is -0.276. The number of hydrogen-bond acceptors (Lipinski definition) is 2. The molecule has 0 N–H and O–H groups in total. The molecule has 0 aliphatic rings. The van der Waals surface area contributed by atoms with Crippen LogP contribution < -0.4 is 0 Å². The summed E-state index contributed by atoms with van der Waals surface area (Å²) in [5, 5.41) is 0. The minimum Gasteiger partial charge on any atom is -0.207 e. The van der Waals surface area contributed by atoms with E-state index in [2.05, 4.69) is 15.9 Å². The van der Waals surface area contributed by atoms with Crippen molar-refractivity contribution in [2.45, 2.75) is 4.90 Å². The van der Waals surface area contributed by atoms with E-state index in [1.54, 1.807) is 24.3 Å². The SMILES string of the molecule is CN(C)S(=O)(=O)c1cccc(Br)c1. The Morgan fingerprint density at radius 1 is 1.31 bits per heavy atom. The van der Waals surface area contributed by atoms with Gasteiger partial charge in [-0.2, -0.15) is 0 Å². The smallest absolute Gasteiger partial charge is 0.207 e. The summed E-state index contributed by atoms with van der Waals surface area (Å²) >= 11 is 3.22. The Kier molecular flexibility index (Phi) is 3.10. The van der Waals surface area contributed by atoms with Crippen molar-refractivity contribution in [3.63, 3.8) is 0 Å². The number of sulfonamides is 1. The maximum atomic E-state index is 11.6. The first-order valence-electron chi connectivity index (χ1n) is 3.62. The molecule has 0 bridgehead atoms. The highest BCUT2D eigenvalue weighted by molar-refractivity contribution is 9.10. The zero-order chi connectivity index (χ0) is 10.1. The van der Waals surface area contributed by atoms with E-state index in [9.17, 15) is 8.42 Å². The molecular weight excluding hydrogens is 254 g/mol. The fourth-order valence-electron chi connectivity index (χ4n) is 0.838. The van der Waals surface area contributed by atoms with Gasteiger partial charge in [0, 0.05) is 18.6 Å². The topological polar surface area (TPSA) is 37.4 Å². The van der Waals surface area contributed by atoms with Gasteiger partial charge in [0.25, 0.3) is 0 Å². The second-order valence-electron chi connectivity index (χ2n) is 2.74. The van der Waals surface area contributed by atoms with Gasteiger partial charge in [0.2, 0.25) is 10.0 Å². The van der Waals surface area contributed by atoms with Crippen molar-refractivity contribution >= 4 is 26.0 Å². The number of halogens is 1. The molecule has 1 aromatic rings. The molecule has 72 valence electrons. The lowest BCUT2D eigenvalue weighted by atomic mass is 10.4. The Bertz CT molecular complexity index is 400. The molecular formula is C8H10BrNO2S. The largest absolute Gasteiger partial charge is 0.242 e. The molecule has 0 aromatic heterocycles. The third kappa shape index (κ3) is 2.30. The molecule has 0 heterocycles. The van der Waals surface area contributed by atoms with E-state index in [1.165, 1.54) is 18.4 Å². The van der Waals surface area contributed by atoms with Crippen molar-refractivity contribution in [3.05, 3.63) is 28.7 Å². The highest BCUT2D eigenvalue weighted by Gasteiger charge is 2.16. The van der Waals surface area contributed by atoms with Gasteiger partial charge in [-0.05, 0) is 18.2 Å². The second-order valence-corrected chi connectivity index (χ2v) is 5.81. The molecule has 0 aliphatic heterocycles. The molecule has 0 amide bonds. The minimum atomic E-state index is -3.30. The Hall–Kier alpha value is -0.390. The minimum absolute atomic E-state index is 0.298. The van der Waals surface area contributed by atoms with Crippen molar-refractivity contribution in [3.8, 4) is 0 Å². The molecule has 0 radical (unpaired) electrons. The van der Waals surface area contributed by atoms with Crippen molar-refractivity contribution in [1.29, 1.82) is 0 Å². The number of hydrogen-bond donors (Lipinski definition) is 0. The lowest BCUT2D eigenvalue weighted by molar-refractivity contribution is 0.520. The Balaban J connectivity index is 3.24.